The van der Waals surface area contributed by atoms with Gasteiger partial charge in [0.1, 0.15) is 5.75 Å². The van der Waals surface area contributed by atoms with Gasteiger partial charge in [-0.25, -0.2) is 0 Å². The molecule has 0 fully saturated rings. The second-order valence-corrected chi connectivity index (χ2v) is 4.00. The van der Waals surface area contributed by atoms with Crippen molar-refractivity contribution >= 4 is 5.97 Å². The number of rotatable bonds is 5. The number of carbonyl (C=O) groups excluding carboxylic acids is 1. The topological polar surface area (TPSA) is 46.5 Å². The van der Waals surface area contributed by atoms with Gasteiger partial charge < -0.3 is 9.84 Å². The lowest BCUT2D eigenvalue weighted by Crippen LogP contribution is -2.11. The van der Waals surface area contributed by atoms with Crippen LogP contribution in [-0.2, 0) is 9.53 Å². The number of carbonyl (C=O) groups is 1. The highest BCUT2D eigenvalue weighted by Gasteiger charge is 2.17. The minimum absolute atomic E-state index is 0.0605. The van der Waals surface area contributed by atoms with E-state index >= 15 is 0 Å². The standard InChI is InChI=1S/C14H18O3/c1-4-17-14(16)9-13(10(2)3)11-5-7-12(15)8-6-11/h5-8,13,15H,2,4,9H2,1,3H3/t13-/m0/s1. The Morgan fingerprint density at radius 2 is 2.00 bits per heavy atom. The number of benzene rings is 1. The lowest BCUT2D eigenvalue weighted by molar-refractivity contribution is -0.143. The van der Waals surface area contributed by atoms with E-state index in [1.54, 1.807) is 31.2 Å². The van der Waals surface area contributed by atoms with Crippen molar-refractivity contribution in [2.24, 2.45) is 0 Å². The molecule has 3 heteroatoms. The van der Waals surface area contributed by atoms with Gasteiger partial charge in [0.2, 0.25) is 0 Å². The van der Waals surface area contributed by atoms with E-state index in [2.05, 4.69) is 6.58 Å². The van der Waals surface area contributed by atoms with E-state index in [1.807, 2.05) is 6.92 Å². The van der Waals surface area contributed by atoms with Gasteiger partial charge in [-0.05, 0) is 31.5 Å². The van der Waals surface area contributed by atoms with Crippen LogP contribution in [0, 0.1) is 0 Å². The Bertz CT molecular complexity index is 392. The van der Waals surface area contributed by atoms with Crippen LogP contribution in [0.4, 0.5) is 0 Å². The fourth-order valence-electron chi connectivity index (χ4n) is 1.67. The predicted octanol–water partition coefficient (Wildman–Crippen LogP) is 3.01. The fourth-order valence-corrected chi connectivity index (χ4v) is 1.67. The Morgan fingerprint density at radius 3 is 2.47 bits per heavy atom. The molecule has 3 nitrogen and oxygen atoms in total. The van der Waals surface area contributed by atoms with E-state index in [4.69, 9.17) is 4.74 Å². The molecule has 0 unspecified atom stereocenters. The van der Waals surface area contributed by atoms with Gasteiger partial charge in [-0.2, -0.15) is 0 Å². The van der Waals surface area contributed by atoms with Crippen LogP contribution < -0.4 is 0 Å². The Kier molecular flexibility index (Phi) is 4.76. The first kappa shape index (κ1) is 13.3. The lowest BCUT2D eigenvalue weighted by Gasteiger charge is -2.16. The molecule has 1 rings (SSSR count). The molecule has 0 amide bonds. The maximum atomic E-state index is 11.5. The number of phenols is 1. The highest BCUT2D eigenvalue weighted by molar-refractivity contribution is 5.71. The third kappa shape index (κ3) is 3.94. The van der Waals surface area contributed by atoms with Crippen molar-refractivity contribution in [3.8, 4) is 5.75 Å². The van der Waals surface area contributed by atoms with E-state index in [0.717, 1.165) is 11.1 Å². The van der Waals surface area contributed by atoms with Crippen LogP contribution >= 0.6 is 0 Å². The van der Waals surface area contributed by atoms with E-state index < -0.39 is 0 Å². The maximum Gasteiger partial charge on any atom is 0.306 e. The van der Waals surface area contributed by atoms with Crippen LogP contribution in [0.2, 0.25) is 0 Å². The molecule has 1 N–H and O–H groups in total. The average Bonchev–Trinajstić information content (AvgIpc) is 2.27. The van der Waals surface area contributed by atoms with Crippen LogP contribution in [0.5, 0.6) is 5.75 Å². The molecule has 0 saturated heterocycles. The normalized spacial score (nSPS) is 11.9. The number of ether oxygens (including phenoxy) is 1. The molecule has 0 aliphatic carbocycles. The fraction of sp³-hybridized carbons (Fsp3) is 0.357. The zero-order valence-corrected chi connectivity index (χ0v) is 10.3. The zero-order valence-electron chi connectivity index (χ0n) is 10.3. The predicted molar refractivity (Wildman–Crippen MR) is 66.9 cm³/mol. The molecule has 0 bridgehead atoms. The van der Waals surface area contributed by atoms with Crippen LogP contribution in [0.3, 0.4) is 0 Å². The average molecular weight is 234 g/mol. The van der Waals surface area contributed by atoms with E-state index in [1.165, 1.54) is 0 Å². The summed E-state index contributed by atoms with van der Waals surface area (Å²) in [6.07, 6.45) is 0.286. The number of phenolic OH excluding ortho intramolecular Hbond substituents is 1. The largest absolute Gasteiger partial charge is 0.508 e. The summed E-state index contributed by atoms with van der Waals surface area (Å²) < 4.78 is 4.94. The summed E-state index contributed by atoms with van der Waals surface area (Å²) in [7, 11) is 0. The summed E-state index contributed by atoms with van der Waals surface area (Å²) in [4.78, 5) is 11.5. The van der Waals surface area contributed by atoms with Crippen LogP contribution in [0.15, 0.2) is 36.4 Å². The first-order valence-corrected chi connectivity index (χ1v) is 5.64. The summed E-state index contributed by atoms with van der Waals surface area (Å²) in [5.74, 6) is -0.0754. The summed E-state index contributed by atoms with van der Waals surface area (Å²) in [6, 6.07) is 6.81. The molecular formula is C14H18O3. The van der Waals surface area contributed by atoms with Crippen molar-refractivity contribution < 1.29 is 14.6 Å². The van der Waals surface area contributed by atoms with Crippen molar-refractivity contribution in [3.63, 3.8) is 0 Å². The monoisotopic (exact) mass is 234 g/mol. The zero-order chi connectivity index (χ0) is 12.8. The summed E-state index contributed by atoms with van der Waals surface area (Å²) in [5.41, 5.74) is 1.87. The quantitative estimate of drug-likeness (QED) is 0.629. The molecule has 1 aromatic carbocycles. The number of hydrogen-bond acceptors (Lipinski definition) is 3. The Hall–Kier alpha value is -1.77. The second kappa shape index (κ2) is 6.09. The molecule has 92 valence electrons. The van der Waals surface area contributed by atoms with E-state index in [9.17, 15) is 9.90 Å². The second-order valence-electron chi connectivity index (χ2n) is 4.00. The molecule has 0 spiro atoms. The third-order valence-electron chi connectivity index (χ3n) is 2.57. The summed E-state index contributed by atoms with van der Waals surface area (Å²) in [5, 5.41) is 9.23. The number of allylic oxidation sites excluding steroid dienone is 1. The molecule has 0 aromatic heterocycles. The third-order valence-corrected chi connectivity index (χ3v) is 2.57. The van der Waals surface area contributed by atoms with Gasteiger partial charge in [-0.1, -0.05) is 24.3 Å². The van der Waals surface area contributed by atoms with Gasteiger partial charge in [0, 0.05) is 5.92 Å². The first-order valence-electron chi connectivity index (χ1n) is 5.64. The number of aromatic hydroxyl groups is 1. The highest BCUT2D eigenvalue weighted by atomic mass is 16.5. The van der Waals surface area contributed by atoms with Crippen molar-refractivity contribution in [2.45, 2.75) is 26.2 Å². The van der Waals surface area contributed by atoms with Crippen molar-refractivity contribution in [3.05, 3.63) is 42.0 Å². The molecule has 0 aliphatic rings. The maximum absolute atomic E-state index is 11.5. The lowest BCUT2D eigenvalue weighted by atomic mass is 9.90. The van der Waals surface area contributed by atoms with Crippen molar-refractivity contribution in [1.29, 1.82) is 0 Å². The summed E-state index contributed by atoms with van der Waals surface area (Å²) in [6.45, 7) is 7.96. The minimum atomic E-state index is -0.228. The molecular weight excluding hydrogens is 216 g/mol. The Balaban J connectivity index is 2.82. The smallest absolute Gasteiger partial charge is 0.306 e. The SMILES string of the molecule is C=C(C)[C@H](CC(=O)OCC)c1ccc(O)cc1. The van der Waals surface area contributed by atoms with Gasteiger partial charge in [0.05, 0.1) is 13.0 Å². The van der Waals surface area contributed by atoms with Gasteiger partial charge >= 0.3 is 5.97 Å². The molecule has 0 heterocycles. The highest BCUT2D eigenvalue weighted by Crippen LogP contribution is 2.28. The van der Waals surface area contributed by atoms with Crippen LogP contribution in [-0.4, -0.2) is 17.7 Å². The van der Waals surface area contributed by atoms with Gasteiger partial charge in [-0.15, -0.1) is 0 Å². The van der Waals surface area contributed by atoms with E-state index in [0.29, 0.717) is 6.61 Å². The Morgan fingerprint density at radius 1 is 1.41 bits per heavy atom. The molecule has 1 atom stereocenters. The first-order chi connectivity index (χ1) is 8.04. The van der Waals surface area contributed by atoms with Gasteiger partial charge in [-0.3, -0.25) is 4.79 Å². The van der Waals surface area contributed by atoms with E-state index in [-0.39, 0.29) is 24.1 Å². The van der Waals surface area contributed by atoms with Crippen LogP contribution in [0.25, 0.3) is 0 Å². The molecule has 0 radical (unpaired) electrons. The minimum Gasteiger partial charge on any atom is -0.508 e. The Labute approximate surface area is 102 Å². The van der Waals surface area contributed by atoms with Gasteiger partial charge in [0.15, 0.2) is 0 Å². The molecule has 0 saturated carbocycles. The number of esters is 1. The van der Waals surface area contributed by atoms with Crippen LogP contribution in [0.1, 0.15) is 31.7 Å². The molecule has 1 aromatic rings. The summed E-state index contributed by atoms with van der Waals surface area (Å²) >= 11 is 0. The van der Waals surface area contributed by atoms with Crippen molar-refractivity contribution in [1.82, 2.24) is 0 Å². The number of hydrogen-bond donors (Lipinski definition) is 1. The van der Waals surface area contributed by atoms with Gasteiger partial charge in [0.25, 0.3) is 0 Å². The molecule has 0 aliphatic heterocycles. The van der Waals surface area contributed by atoms with Crippen molar-refractivity contribution in [2.75, 3.05) is 6.61 Å². The molecule has 17 heavy (non-hydrogen) atoms.